The van der Waals surface area contributed by atoms with Crippen molar-refractivity contribution in [2.45, 2.75) is 0 Å². The van der Waals surface area contributed by atoms with Crippen molar-refractivity contribution in [1.82, 2.24) is 19.9 Å². The lowest BCUT2D eigenvalue weighted by Crippen LogP contribution is -2.00. The van der Waals surface area contributed by atoms with Crippen molar-refractivity contribution in [3.63, 3.8) is 0 Å². The fourth-order valence-corrected chi connectivity index (χ4v) is 6.16. The summed E-state index contributed by atoms with van der Waals surface area (Å²) in [6, 6.07) is 47.6. The molecule has 0 bridgehead atoms. The van der Waals surface area contributed by atoms with E-state index in [-0.39, 0.29) is 0 Å². The predicted molar refractivity (Wildman–Crippen MR) is 182 cm³/mol. The molecule has 0 amide bonds. The highest BCUT2D eigenvalue weighted by Gasteiger charge is 2.17. The number of hydrogen-bond acceptors (Lipinski definition) is 5. The number of hydrogen-bond donors (Lipinski definition) is 0. The molecule has 6 aromatic carbocycles. The number of furan rings is 1. The summed E-state index contributed by atoms with van der Waals surface area (Å²) in [5.74, 6) is 1.87. The minimum absolute atomic E-state index is 0.610. The van der Waals surface area contributed by atoms with Crippen molar-refractivity contribution >= 4 is 43.6 Å². The quantitative estimate of drug-likeness (QED) is 0.209. The first-order chi connectivity index (χ1) is 22.3. The van der Waals surface area contributed by atoms with Crippen molar-refractivity contribution in [2.24, 2.45) is 0 Å². The summed E-state index contributed by atoms with van der Waals surface area (Å²) in [5.41, 5.74) is 6.22. The Balaban J connectivity index is 1.22. The van der Waals surface area contributed by atoms with E-state index in [2.05, 4.69) is 83.8 Å². The SMILES string of the molecule is c1ccc(-c2nc(-c3cccc(-c4cccc5c4oc4ncc6ccccc6c45)c3)nc(-c3ccc4ccccc4c3)n2)cc1. The summed E-state index contributed by atoms with van der Waals surface area (Å²) in [4.78, 5) is 19.6. The van der Waals surface area contributed by atoms with Gasteiger partial charge in [0, 0.05) is 39.2 Å². The topological polar surface area (TPSA) is 64.7 Å². The van der Waals surface area contributed by atoms with Gasteiger partial charge in [0.25, 0.3) is 0 Å². The zero-order valence-corrected chi connectivity index (χ0v) is 24.1. The number of nitrogens with zero attached hydrogens (tertiary/aromatic N) is 4. The number of fused-ring (bicyclic) bond motifs is 6. The van der Waals surface area contributed by atoms with Crippen LogP contribution in [0.2, 0.25) is 0 Å². The summed E-state index contributed by atoms with van der Waals surface area (Å²) < 4.78 is 6.43. The number of pyridine rings is 1. The fourth-order valence-electron chi connectivity index (χ4n) is 6.16. The molecule has 0 radical (unpaired) electrons. The van der Waals surface area contributed by atoms with Gasteiger partial charge in [-0.2, -0.15) is 0 Å². The lowest BCUT2D eigenvalue weighted by atomic mass is 9.99. The minimum Gasteiger partial charge on any atom is -0.437 e. The van der Waals surface area contributed by atoms with Gasteiger partial charge in [-0.15, -0.1) is 0 Å². The van der Waals surface area contributed by atoms with E-state index in [1.54, 1.807) is 0 Å². The van der Waals surface area contributed by atoms with Crippen molar-refractivity contribution in [3.05, 3.63) is 146 Å². The van der Waals surface area contributed by atoms with Gasteiger partial charge in [-0.1, -0.05) is 127 Å². The first kappa shape index (κ1) is 25.3. The molecule has 0 spiro atoms. The van der Waals surface area contributed by atoms with E-state index in [4.69, 9.17) is 19.4 Å². The zero-order chi connectivity index (χ0) is 29.7. The Morgan fingerprint density at radius 2 is 1.04 bits per heavy atom. The molecule has 5 heteroatoms. The molecule has 0 unspecified atom stereocenters. The number of benzene rings is 6. The maximum Gasteiger partial charge on any atom is 0.227 e. The van der Waals surface area contributed by atoms with Gasteiger partial charge >= 0.3 is 0 Å². The second-order valence-corrected chi connectivity index (χ2v) is 11.1. The van der Waals surface area contributed by atoms with Gasteiger partial charge < -0.3 is 4.42 Å². The molecule has 9 aromatic rings. The molecule has 0 saturated heterocycles. The monoisotopic (exact) mass is 576 g/mol. The molecule has 0 aliphatic heterocycles. The van der Waals surface area contributed by atoms with Crippen LogP contribution < -0.4 is 0 Å². The lowest BCUT2D eigenvalue weighted by Gasteiger charge is -2.10. The standard InChI is InChI=1S/C40H24N4O/c1-2-11-26(12-3-1)37-42-38(44-39(43-37)30-21-20-25-10-4-5-13-27(25)22-30)29-16-8-15-28(23-29)33-18-9-19-34-35-32-17-7-6-14-31(32)24-41-40(35)45-36(33)34/h1-24H. The van der Waals surface area contributed by atoms with Crippen molar-refractivity contribution < 1.29 is 4.42 Å². The number of aromatic nitrogens is 4. The second kappa shape index (κ2) is 10.2. The summed E-state index contributed by atoms with van der Waals surface area (Å²) >= 11 is 0. The van der Waals surface area contributed by atoms with Crippen LogP contribution in [0.5, 0.6) is 0 Å². The number of rotatable bonds is 4. The van der Waals surface area contributed by atoms with E-state index in [1.165, 1.54) is 5.39 Å². The zero-order valence-electron chi connectivity index (χ0n) is 24.1. The van der Waals surface area contributed by atoms with Crippen LogP contribution in [0.15, 0.2) is 150 Å². The minimum atomic E-state index is 0.610. The molecular weight excluding hydrogens is 552 g/mol. The predicted octanol–water partition coefficient (Wildman–Crippen LogP) is 10.1. The maximum atomic E-state index is 6.43. The summed E-state index contributed by atoms with van der Waals surface area (Å²) in [5, 5.41) is 6.61. The van der Waals surface area contributed by atoms with Gasteiger partial charge in [-0.25, -0.2) is 19.9 Å². The third kappa shape index (κ3) is 4.33. The average Bonchev–Trinajstić information content (AvgIpc) is 3.51. The lowest BCUT2D eigenvalue weighted by molar-refractivity contribution is 0.655. The molecule has 3 heterocycles. The van der Waals surface area contributed by atoms with Crippen LogP contribution in [-0.4, -0.2) is 19.9 Å². The Hall–Kier alpha value is -6.20. The third-order valence-corrected chi connectivity index (χ3v) is 8.35. The normalized spacial score (nSPS) is 11.6. The van der Waals surface area contributed by atoms with Crippen molar-refractivity contribution in [3.8, 4) is 45.3 Å². The molecular formula is C40H24N4O. The van der Waals surface area contributed by atoms with Crippen LogP contribution in [0.4, 0.5) is 0 Å². The Kier molecular flexibility index (Phi) is 5.74. The molecule has 0 N–H and O–H groups in total. The van der Waals surface area contributed by atoms with Gasteiger partial charge in [0.2, 0.25) is 5.71 Å². The fraction of sp³-hybridized carbons (Fsp3) is 0. The third-order valence-electron chi connectivity index (χ3n) is 8.35. The largest absolute Gasteiger partial charge is 0.437 e. The first-order valence-corrected chi connectivity index (χ1v) is 14.9. The second-order valence-electron chi connectivity index (χ2n) is 11.1. The highest BCUT2D eigenvalue weighted by Crippen LogP contribution is 2.39. The van der Waals surface area contributed by atoms with E-state index in [0.29, 0.717) is 23.2 Å². The molecule has 210 valence electrons. The van der Waals surface area contributed by atoms with Crippen LogP contribution in [0.25, 0.3) is 88.9 Å². The van der Waals surface area contributed by atoms with E-state index in [1.807, 2.05) is 66.9 Å². The summed E-state index contributed by atoms with van der Waals surface area (Å²) in [6.45, 7) is 0. The van der Waals surface area contributed by atoms with Crippen LogP contribution >= 0.6 is 0 Å². The molecule has 0 aliphatic rings. The highest BCUT2D eigenvalue weighted by molar-refractivity contribution is 6.19. The molecule has 0 atom stereocenters. The Bertz CT molecular complexity index is 2550. The van der Waals surface area contributed by atoms with Gasteiger partial charge in [0.05, 0.1) is 5.39 Å². The van der Waals surface area contributed by atoms with E-state index >= 15 is 0 Å². The van der Waals surface area contributed by atoms with Crippen LogP contribution in [0, 0.1) is 0 Å². The molecule has 0 fully saturated rings. The van der Waals surface area contributed by atoms with E-state index in [9.17, 15) is 0 Å². The molecule has 0 saturated carbocycles. The molecule has 3 aromatic heterocycles. The van der Waals surface area contributed by atoms with Crippen molar-refractivity contribution in [1.29, 1.82) is 0 Å². The van der Waals surface area contributed by atoms with E-state index in [0.717, 1.165) is 60.3 Å². The Labute approximate surface area is 258 Å². The van der Waals surface area contributed by atoms with Crippen LogP contribution in [-0.2, 0) is 0 Å². The average molecular weight is 577 g/mol. The molecule has 0 aliphatic carbocycles. The van der Waals surface area contributed by atoms with Gasteiger partial charge in [0.15, 0.2) is 17.5 Å². The maximum absolute atomic E-state index is 6.43. The van der Waals surface area contributed by atoms with Crippen LogP contribution in [0.3, 0.4) is 0 Å². The number of para-hydroxylation sites is 1. The molecule has 9 rings (SSSR count). The van der Waals surface area contributed by atoms with Gasteiger partial charge in [-0.05, 0) is 33.9 Å². The Morgan fingerprint density at radius 1 is 0.422 bits per heavy atom. The Morgan fingerprint density at radius 3 is 1.89 bits per heavy atom. The van der Waals surface area contributed by atoms with Crippen molar-refractivity contribution in [2.75, 3.05) is 0 Å². The van der Waals surface area contributed by atoms with Gasteiger partial charge in [0.1, 0.15) is 5.58 Å². The van der Waals surface area contributed by atoms with Gasteiger partial charge in [-0.3, -0.25) is 0 Å². The highest BCUT2D eigenvalue weighted by atomic mass is 16.3. The van der Waals surface area contributed by atoms with E-state index < -0.39 is 0 Å². The first-order valence-electron chi connectivity index (χ1n) is 14.9. The molecule has 5 nitrogen and oxygen atoms in total. The van der Waals surface area contributed by atoms with Crippen LogP contribution in [0.1, 0.15) is 0 Å². The summed E-state index contributed by atoms with van der Waals surface area (Å²) in [6.07, 6.45) is 1.87. The molecule has 45 heavy (non-hydrogen) atoms. The smallest absolute Gasteiger partial charge is 0.227 e. The summed E-state index contributed by atoms with van der Waals surface area (Å²) in [7, 11) is 0.